The van der Waals surface area contributed by atoms with Crippen molar-refractivity contribution in [1.82, 2.24) is 4.90 Å². The van der Waals surface area contributed by atoms with Crippen LogP contribution in [0.15, 0.2) is 54.6 Å². The molecule has 1 aliphatic rings. The van der Waals surface area contributed by atoms with Crippen LogP contribution < -0.4 is 9.47 Å². The lowest BCUT2D eigenvalue weighted by Crippen LogP contribution is -2.42. The van der Waals surface area contributed by atoms with E-state index in [9.17, 15) is 9.59 Å². The van der Waals surface area contributed by atoms with Gasteiger partial charge < -0.3 is 14.2 Å². The molecule has 1 atom stereocenters. The Morgan fingerprint density at radius 3 is 2.52 bits per heavy atom. The SMILES string of the molecule is COc1ccccc1OCC(=O)N1C(=O)OC[C@H]1Cc1ccccc1. The van der Waals surface area contributed by atoms with Crippen molar-refractivity contribution in [1.29, 1.82) is 0 Å². The first-order valence-corrected chi connectivity index (χ1v) is 7.97. The third-order valence-corrected chi connectivity index (χ3v) is 3.96. The van der Waals surface area contributed by atoms with Gasteiger partial charge in [-0.3, -0.25) is 4.79 Å². The van der Waals surface area contributed by atoms with Crippen molar-refractivity contribution in [3.05, 3.63) is 60.2 Å². The van der Waals surface area contributed by atoms with Crippen molar-refractivity contribution in [3.8, 4) is 11.5 Å². The Hall–Kier alpha value is -3.02. The first-order chi connectivity index (χ1) is 12.2. The van der Waals surface area contributed by atoms with Crippen LogP contribution in [0.25, 0.3) is 0 Å². The molecular formula is C19H19NO5. The van der Waals surface area contributed by atoms with Gasteiger partial charge in [-0.05, 0) is 24.1 Å². The van der Waals surface area contributed by atoms with Crippen molar-refractivity contribution in [2.45, 2.75) is 12.5 Å². The summed E-state index contributed by atoms with van der Waals surface area (Å²) in [5.41, 5.74) is 1.04. The zero-order valence-electron chi connectivity index (χ0n) is 13.9. The summed E-state index contributed by atoms with van der Waals surface area (Å²) in [4.78, 5) is 25.6. The highest BCUT2D eigenvalue weighted by molar-refractivity contribution is 5.94. The number of cyclic esters (lactones) is 1. The van der Waals surface area contributed by atoms with E-state index >= 15 is 0 Å². The number of imide groups is 1. The van der Waals surface area contributed by atoms with Crippen LogP contribution >= 0.6 is 0 Å². The number of amides is 2. The quantitative estimate of drug-likeness (QED) is 0.808. The summed E-state index contributed by atoms with van der Waals surface area (Å²) >= 11 is 0. The molecule has 0 spiro atoms. The molecule has 6 heteroatoms. The van der Waals surface area contributed by atoms with Crippen LogP contribution in [0.2, 0.25) is 0 Å². The van der Waals surface area contributed by atoms with Crippen molar-refractivity contribution in [2.75, 3.05) is 20.3 Å². The van der Waals surface area contributed by atoms with E-state index in [1.807, 2.05) is 30.3 Å². The summed E-state index contributed by atoms with van der Waals surface area (Å²) in [6.45, 7) is -0.0745. The van der Waals surface area contributed by atoms with Crippen LogP contribution in [0, 0.1) is 0 Å². The second-order valence-corrected chi connectivity index (χ2v) is 5.62. The molecule has 2 aromatic rings. The molecule has 1 aliphatic heterocycles. The van der Waals surface area contributed by atoms with Crippen molar-refractivity contribution in [2.24, 2.45) is 0 Å². The predicted molar refractivity (Wildman–Crippen MR) is 90.6 cm³/mol. The number of methoxy groups -OCH3 is 1. The second-order valence-electron chi connectivity index (χ2n) is 5.62. The topological polar surface area (TPSA) is 65.1 Å². The maximum absolute atomic E-state index is 12.5. The lowest BCUT2D eigenvalue weighted by molar-refractivity contribution is -0.131. The highest BCUT2D eigenvalue weighted by Gasteiger charge is 2.38. The summed E-state index contributed by atoms with van der Waals surface area (Å²) in [6, 6.07) is 16.4. The Labute approximate surface area is 145 Å². The van der Waals surface area contributed by atoms with Gasteiger partial charge in [-0.2, -0.15) is 0 Å². The van der Waals surface area contributed by atoms with E-state index in [2.05, 4.69) is 0 Å². The molecular weight excluding hydrogens is 322 g/mol. The van der Waals surface area contributed by atoms with Crippen LogP contribution in [0.4, 0.5) is 4.79 Å². The molecule has 0 N–H and O–H groups in total. The van der Waals surface area contributed by atoms with Gasteiger partial charge in [0.05, 0.1) is 13.2 Å². The standard InChI is InChI=1S/C19H19NO5/c1-23-16-9-5-6-10-17(16)24-13-18(21)20-15(12-25-19(20)22)11-14-7-3-2-4-8-14/h2-10,15H,11-13H2,1H3/t15-/m1/s1. The highest BCUT2D eigenvalue weighted by Crippen LogP contribution is 2.26. The number of para-hydroxylation sites is 2. The summed E-state index contributed by atoms with van der Waals surface area (Å²) in [5.74, 6) is 0.542. The first kappa shape index (κ1) is 16.8. The Bertz CT molecular complexity index is 746. The lowest BCUT2D eigenvalue weighted by atomic mass is 10.1. The monoisotopic (exact) mass is 341 g/mol. The Balaban J connectivity index is 1.65. The third kappa shape index (κ3) is 3.91. The maximum Gasteiger partial charge on any atom is 0.417 e. The highest BCUT2D eigenvalue weighted by atomic mass is 16.6. The molecule has 1 heterocycles. The zero-order valence-corrected chi connectivity index (χ0v) is 13.9. The normalized spacial score (nSPS) is 16.4. The molecule has 0 aliphatic carbocycles. The number of ether oxygens (including phenoxy) is 3. The molecule has 0 saturated carbocycles. The fourth-order valence-electron chi connectivity index (χ4n) is 2.75. The van der Waals surface area contributed by atoms with E-state index in [0.29, 0.717) is 17.9 Å². The van der Waals surface area contributed by atoms with Gasteiger partial charge in [0, 0.05) is 0 Å². The molecule has 0 bridgehead atoms. The summed E-state index contributed by atoms with van der Waals surface area (Å²) < 4.78 is 15.8. The predicted octanol–water partition coefficient (Wildman–Crippen LogP) is 2.66. The molecule has 3 rings (SSSR count). The van der Waals surface area contributed by atoms with E-state index < -0.39 is 12.0 Å². The Kier molecular flexibility index (Phi) is 5.18. The van der Waals surface area contributed by atoms with Gasteiger partial charge in [0.1, 0.15) is 6.61 Å². The number of benzene rings is 2. The summed E-state index contributed by atoms with van der Waals surface area (Å²) in [7, 11) is 1.53. The van der Waals surface area contributed by atoms with Gasteiger partial charge in [0.2, 0.25) is 0 Å². The molecule has 0 radical (unpaired) electrons. The van der Waals surface area contributed by atoms with Gasteiger partial charge in [0.25, 0.3) is 5.91 Å². The Morgan fingerprint density at radius 2 is 1.80 bits per heavy atom. The number of rotatable bonds is 6. The number of hydrogen-bond acceptors (Lipinski definition) is 5. The average Bonchev–Trinajstić information content (AvgIpc) is 3.01. The van der Waals surface area contributed by atoms with Crippen LogP contribution in [0.3, 0.4) is 0 Å². The van der Waals surface area contributed by atoms with Crippen LogP contribution in [0.5, 0.6) is 11.5 Å². The fourth-order valence-corrected chi connectivity index (χ4v) is 2.75. The molecule has 0 aromatic heterocycles. The van der Waals surface area contributed by atoms with Gasteiger partial charge in [-0.15, -0.1) is 0 Å². The van der Waals surface area contributed by atoms with Gasteiger partial charge >= 0.3 is 6.09 Å². The van der Waals surface area contributed by atoms with Crippen molar-refractivity contribution < 1.29 is 23.8 Å². The van der Waals surface area contributed by atoms with E-state index in [1.165, 1.54) is 7.11 Å². The van der Waals surface area contributed by atoms with Crippen molar-refractivity contribution >= 4 is 12.0 Å². The second kappa shape index (κ2) is 7.70. The van der Waals surface area contributed by atoms with Gasteiger partial charge in [0.15, 0.2) is 18.1 Å². The van der Waals surface area contributed by atoms with E-state index in [1.54, 1.807) is 24.3 Å². The third-order valence-electron chi connectivity index (χ3n) is 3.96. The molecule has 25 heavy (non-hydrogen) atoms. The number of carbonyl (C=O) groups excluding carboxylic acids is 2. The number of nitrogens with zero attached hydrogens (tertiary/aromatic N) is 1. The van der Waals surface area contributed by atoms with Crippen LogP contribution in [-0.2, 0) is 16.0 Å². The van der Waals surface area contributed by atoms with Gasteiger partial charge in [-0.1, -0.05) is 42.5 Å². The van der Waals surface area contributed by atoms with Crippen LogP contribution in [-0.4, -0.2) is 43.3 Å². The van der Waals surface area contributed by atoms with Gasteiger partial charge in [-0.25, -0.2) is 9.69 Å². The first-order valence-electron chi connectivity index (χ1n) is 7.97. The summed E-state index contributed by atoms with van der Waals surface area (Å²) in [6.07, 6.45) is -0.0814. The molecule has 130 valence electrons. The minimum Gasteiger partial charge on any atom is -0.493 e. The molecule has 0 unspecified atom stereocenters. The smallest absolute Gasteiger partial charge is 0.417 e. The van der Waals surface area contributed by atoms with E-state index in [-0.39, 0.29) is 19.3 Å². The zero-order chi connectivity index (χ0) is 17.6. The lowest BCUT2D eigenvalue weighted by Gasteiger charge is -2.20. The molecule has 2 amide bonds. The molecule has 1 fully saturated rings. The molecule has 2 aromatic carbocycles. The minimum atomic E-state index is -0.630. The fraction of sp³-hybridized carbons (Fsp3) is 0.263. The largest absolute Gasteiger partial charge is 0.493 e. The summed E-state index contributed by atoms with van der Waals surface area (Å²) in [5, 5.41) is 0. The molecule has 1 saturated heterocycles. The van der Waals surface area contributed by atoms with Crippen molar-refractivity contribution in [3.63, 3.8) is 0 Å². The van der Waals surface area contributed by atoms with E-state index in [4.69, 9.17) is 14.2 Å². The molecule has 6 nitrogen and oxygen atoms in total. The number of hydrogen-bond donors (Lipinski definition) is 0. The van der Waals surface area contributed by atoms with E-state index in [0.717, 1.165) is 10.5 Å². The average molecular weight is 341 g/mol. The Morgan fingerprint density at radius 1 is 1.12 bits per heavy atom. The minimum absolute atomic E-state index is 0.189. The van der Waals surface area contributed by atoms with Crippen LogP contribution in [0.1, 0.15) is 5.56 Å². The number of carbonyl (C=O) groups is 2. The maximum atomic E-state index is 12.5.